The van der Waals surface area contributed by atoms with Crippen LogP contribution in [0.15, 0.2) is 42.5 Å². The highest BCUT2D eigenvalue weighted by molar-refractivity contribution is 7.99. The SMILES string of the molecule is COc1ccc(CC(=O)N2CCSC(c3ccccc3Cl)CC2)cc1OC. The van der Waals surface area contributed by atoms with Crippen molar-refractivity contribution in [2.24, 2.45) is 0 Å². The van der Waals surface area contributed by atoms with E-state index >= 15 is 0 Å². The Morgan fingerprint density at radius 2 is 1.93 bits per heavy atom. The maximum absolute atomic E-state index is 12.8. The number of hydrogen-bond acceptors (Lipinski definition) is 4. The lowest BCUT2D eigenvalue weighted by atomic mass is 10.1. The van der Waals surface area contributed by atoms with Gasteiger partial charge in [-0.1, -0.05) is 35.9 Å². The Kier molecular flexibility index (Phi) is 6.91. The zero-order valence-electron chi connectivity index (χ0n) is 15.6. The van der Waals surface area contributed by atoms with Gasteiger partial charge < -0.3 is 14.4 Å². The third-order valence-corrected chi connectivity index (χ3v) is 6.40. The van der Waals surface area contributed by atoms with Gasteiger partial charge in [-0.2, -0.15) is 11.8 Å². The Labute approximate surface area is 169 Å². The first-order chi connectivity index (χ1) is 13.1. The smallest absolute Gasteiger partial charge is 0.227 e. The van der Waals surface area contributed by atoms with E-state index in [2.05, 4.69) is 6.07 Å². The molecule has 1 atom stereocenters. The molecule has 3 rings (SSSR count). The standard InChI is InChI=1S/C21H24ClNO3S/c1-25-18-8-7-15(13-19(18)26-2)14-21(24)23-10-9-20(27-12-11-23)16-5-3-4-6-17(16)22/h3-8,13,20H,9-12,14H2,1-2H3. The topological polar surface area (TPSA) is 38.8 Å². The summed E-state index contributed by atoms with van der Waals surface area (Å²) < 4.78 is 10.6. The number of hydrogen-bond donors (Lipinski definition) is 0. The molecular formula is C21H24ClNO3S. The van der Waals surface area contributed by atoms with Crippen LogP contribution in [0.5, 0.6) is 11.5 Å². The molecule has 2 aromatic rings. The summed E-state index contributed by atoms with van der Waals surface area (Å²) in [5.41, 5.74) is 2.09. The van der Waals surface area contributed by atoms with Gasteiger partial charge in [0.05, 0.1) is 20.6 Å². The summed E-state index contributed by atoms with van der Waals surface area (Å²) in [5.74, 6) is 2.37. The summed E-state index contributed by atoms with van der Waals surface area (Å²) in [6.07, 6.45) is 1.27. The molecule has 1 aliphatic heterocycles. The number of carbonyl (C=O) groups excluding carboxylic acids is 1. The Bertz CT molecular complexity index is 799. The molecule has 0 spiro atoms. The van der Waals surface area contributed by atoms with E-state index < -0.39 is 0 Å². The zero-order chi connectivity index (χ0) is 19.2. The lowest BCUT2D eigenvalue weighted by Gasteiger charge is -2.21. The second kappa shape index (κ2) is 9.38. The van der Waals surface area contributed by atoms with Crippen molar-refractivity contribution >= 4 is 29.3 Å². The number of thioether (sulfide) groups is 1. The molecule has 4 nitrogen and oxygen atoms in total. The molecule has 0 saturated carbocycles. The summed E-state index contributed by atoms with van der Waals surface area (Å²) in [7, 11) is 3.21. The molecule has 0 radical (unpaired) electrons. The van der Waals surface area contributed by atoms with Crippen molar-refractivity contribution in [2.45, 2.75) is 18.1 Å². The van der Waals surface area contributed by atoms with Crippen molar-refractivity contribution in [2.75, 3.05) is 33.1 Å². The molecule has 0 bridgehead atoms. The predicted molar refractivity (Wildman–Crippen MR) is 111 cm³/mol. The molecule has 6 heteroatoms. The predicted octanol–water partition coefficient (Wildman–Crippen LogP) is 4.61. The van der Waals surface area contributed by atoms with E-state index in [1.165, 1.54) is 5.56 Å². The number of nitrogens with zero attached hydrogens (tertiary/aromatic N) is 1. The Balaban J connectivity index is 1.64. The van der Waals surface area contributed by atoms with Gasteiger partial charge in [0.1, 0.15) is 0 Å². The van der Waals surface area contributed by atoms with Crippen molar-refractivity contribution in [3.05, 3.63) is 58.6 Å². The molecule has 1 saturated heterocycles. The number of ether oxygens (including phenoxy) is 2. The van der Waals surface area contributed by atoms with Gasteiger partial charge >= 0.3 is 0 Å². The normalized spacial score (nSPS) is 17.3. The first kappa shape index (κ1) is 19.9. The molecule has 1 amide bonds. The highest BCUT2D eigenvalue weighted by Gasteiger charge is 2.23. The summed E-state index contributed by atoms with van der Waals surface area (Å²) in [4.78, 5) is 14.8. The molecule has 0 aliphatic carbocycles. The van der Waals surface area contributed by atoms with Crippen LogP contribution in [0, 0.1) is 0 Å². The molecule has 1 unspecified atom stereocenters. The number of methoxy groups -OCH3 is 2. The summed E-state index contributed by atoms with van der Waals surface area (Å²) >= 11 is 8.23. The minimum Gasteiger partial charge on any atom is -0.493 e. The fraction of sp³-hybridized carbons (Fsp3) is 0.381. The van der Waals surface area contributed by atoms with E-state index in [-0.39, 0.29) is 5.91 Å². The van der Waals surface area contributed by atoms with Gasteiger partial charge in [-0.05, 0) is 35.7 Å². The molecule has 144 valence electrons. The lowest BCUT2D eigenvalue weighted by molar-refractivity contribution is -0.130. The molecule has 2 aromatic carbocycles. The fourth-order valence-electron chi connectivity index (χ4n) is 3.28. The second-order valence-electron chi connectivity index (χ2n) is 6.42. The monoisotopic (exact) mass is 405 g/mol. The van der Waals surface area contributed by atoms with E-state index in [0.717, 1.165) is 35.8 Å². The zero-order valence-corrected chi connectivity index (χ0v) is 17.2. The van der Waals surface area contributed by atoms with Crippen LogP contribution in [-0.2, 0) is 11.2 Å². The Morgan fingerprint density at radius 1 is 1.15 bits per heavy atom. The van der Waals surface area contributed by atoms with Gasteiger partial charge in [0.25, 0.3) is 0 Å². The van der Waals surface area contributed by atoms with E-state index in [1.807, 2.05) is 53.1 Å². The molecule has 1 aliphatic rings. The van der Waals surface area contributed by atoms with Crippen LogP contribution in [0.4, 0.5) is 0 Å². The van der Waals surface area contributed by atoms with Crippen LogP contribution in [0.25, 0.3) is 0 Å². The molecule has 27 heavy (non-hydrogen) atoms. The van der Waals surface area contributed by atoms with Gasteiger partial charge in [-0.15, -0.1) is 0 Å². The van der Waals surface area contributed by atoms with E-state index in [0.29, 0.717) is 23.2 Å². The second-order valence-corrected chi connectivity index (χ2v) is 8.13. The first-order valence-electron chi connectivity index (χ1n) is 8.97. The van der Waals surface area contributed by atoms with E-state index in [9.17, 15) is 4.79 Å². The molecule has 1 heterocycles. The van der Waals surface area contributed by atoms with Gasteiger partial charge in [-0.3, -0.25) is 4.79 Å². The van der Waals surface area contributed by atoms with Crippen molar-refractivity contribution < 1.29 is 14.3 Å². The van der Waals surface area contributed by atoms with Crippen LogP contribution < -0.4 is 9.47 Å². The Hall–Kier alpha value is -1.85. The number of carbonyl (C=O) groups is 1. The third-order valence-electron chi connectivity index (χ3n) is 4.75. The van der Waals surface area contributed by atoms with Gasteiger partial charge in [0, 0.05) is 29.1 Å². The molecule has 0 aromatic heterocycles. The van der Waals surface area contributed by atoms with Gasteiger partial charge in [0.15, 0.2) is 11.5 Å². The number of halogens is 1. The quantitative estimate of drug-likeness (QED) is 0.728. The van der Waals surface area contributed by atoms with Crippen molar-refractivity contribution in [1.29, 1.82) is 0 Å². The van der Waals surface area contributed by atoms with Gasteiger partial charge in [-0.25, -0.2) is 0 Å². The minimum absolute atomic E-state index is 0.141. The van der Waals surface area contributed by atoms with E-state index in [1.54, 1.807) is 14.2 Å². The number of benzene rings is 2. The van der Waals surface area contributed by atoms with Crippen LogP contribution in [0.2, 0.25) is 5.02 Å². The lowest BCUT2D eigenvalue weighted by Crippen LogP contribution is -2.34. The number of rotatable bonds is 5. The largest absolute Gasteiger partial charge is 0.493 e. The van der Waals surface area contributed by atoms with Crippen molar-refractivity contribution in [3.8, 4) is 11.5 Å². The van der Waals surface area contributed by atoms with Gasteiger partial charge in [0.2, 0.25) is 5.91 Å². The minimum atomic E-state index is 0.141. The van der Waals surface area contributed by atoms with Crippen LogP contribution in [-0.4, -0.2) is 43.9 Å². The molecular weight excluding hydrogens is 382 g/mol. The average Bonchev–Trinajstić information content (AvgIpc) is 2.94. The highest BCUT2D eigenvalue weighted by Crippen LogP contribution is 2.38. The summed E-state index contributed by atoms with van der Waals surface area (Å²) in [6, 6.07) is 13.6. The maximum Gasteiger partial charge on any atom is 0.227 e. The maximum atomic E-state index is 12.8. The summed E-state index contributed by atoms with van der Waals surface area (Å²) in [5, 5.41) is 1.14. The highest BCUT2D eigenvalue weighted by atomic mass is 35.5. The fourth-order valence-corrected chi connectivity index (χ4v) is 4.88. The van der Waals surface area contributed by atoms with Crippen LogP contribution in [0.3, 0.4) is 0 Å². The third kappa shape index (κ3) is 4.90. The summed E-state index contributed by atoms with van der Waals surface area (Å²) in [6.45, 7) is 1.51. The first-order valence-corrected chi connectivity index (χ1v) is 10.4. The van der Waals surface area contributed by atoms with Crippen LogP contribution in [0.1, 0.15) is 22.8 Å². The molecule has 1 fully saturated rings. The number of amides is 1. The van der Waals surface area contributed by atoms with Crippen molar-refractivity contribution in [3.63, 3.8) is 0 Å². The van der Waals surface area contributed by atoms with Crippen molar-refractivity contribution in [1.82, 2.24) is 4.90 Å². The van der Waals surface area contributed by atoms with E-state index in [4.69, 9.17) is 21.1 Å². The average molecular weight is 406 g/mol. The Morgan fingerprint density at radius 3 is 2.67 bits per heavy atom. The van der Waals surface area contributed by atoms with Crippen LogP contribution >= 0.6 is 23.4 Å². The molecule has 0 N–H and O–H groups in total.